The predicted molar refractivity (Wildman–Crippen MR) is 96.9 cm³/mol. The second kappa shape index (κ2) is 6.97. The Bertz CT molecular complexity index is 829. The molecular formula is C20H22N2O3. The highest BCUT2D eigenvalue weighted by Crippen LogP contribution is 2.35. The van der Waals surface area contributed by atoms with Crippen molar-refractivity contribution in [2.75, 3.05) is 7.11 Å². The molecule has 3 rings (SSSR count). The van der Waals surface area contributed by atoms with E-state index in [0.717, 1.165) is 22.4 Å². The van der Waals surface area contributed by atoms with Crippen LogP contribution in [0.25, 0.3) is 0 Å². The van der Waals surface area contributed by atoms with Gasteiger partial charge in [0.05, 0.1) is 18.9 Å². The van der Waals surface area contributed by atoms with Gasteiger partial charge >= 0.3 is 0 Å². The quantitative estimate of drug-likeness (QED) is 0.922. The Labute approximate surface area is 147 Å². The van der Waals surface area contributed by atoms with Gasteiger partial charge in [-0.15, -0.1) is 0 Å². The highest BCUT2D eigenvalue weighted by Gasteiger charge is 2.32. The molecule has 5 heteroatoms. The highest BCUT2D eigenvalue weighted by molar-refractivity contribution is 6.03. The zero-order valence-corrected chi connectivity index (χ0v) is 14.7. The molecule has 130 valence electrons. The van der Waals surface area contributed by atoms with Crippen molar-refractivity contribution in [1.82, 2.24) is 5.01 Å². The standard InChI is InChI=1S/C20H22N2O3/c1-4-20(24)22-17(15-7-5-6-13(2)10-15)12-16(21-22)14-8-9-18(23)19(11-14)25-3/h5-11,17,23H,4,12H2,1-3H3. The van der Waals surface area contributed by atoms with Crippen LogP contribution in [-0.2, 0) is 4.79 Å². The average molecular weight is 338 g/mol. The fourth-order valence-electron chi connectivity index (χ4n) is 3.07. The SMILES string of the molecule is CCC(=O)N1N=C(c2ccc(O)c(OC)c2)CC1c1cccc(C)c1. The molecule has 5 nitrogen and oxygen atoms in total. The molecule has 1 unspecified atom stereocenters. The summed E-state index contributed by atoms with van der Waals surface area (Å²) >= 11 is 0. The zero-order chi connectivity index (χ0) is 18.0. The number of hydrogen-bond donors (Lipinski definition) is 1. The maximum absolute atomic E-state index is 12.4. The van der Waals surface area contributed by atoms with Crippen LogP contribution >= 0.6 is 0 Å². The van der Waals surface area contributed by atoms with Crippen LogP contribution in [0.3, 0.4) is 0 Å². The number of aromatic hydroxyl groups is 1. The van der Waals surface area contributed by atoms with Crippen LogP contribution < -0.4 is 4.74 Å². The number of methoxy groups -OCH3 is 1. The Morgan fingerprint density at radius 1 is 1.32 bits per heavy atom. The molecule has 0 saturated carbocycles. The molecule has 0 saturated heterocycles. The summed E-state index contributed by atoms with van der Waals surface area (Å²) in [4.78, 5) is 12.4. The van der Waals surface area contributed by atoms with Gasteiger partial charge in [-0.2, -0.15) is 5.10 Å². The highest BCUT2D eigenvalue weighted by atomic mass is 16.5. The van der Waals surface area contributed by atoms with E-state index in [2.05, 4.69) is 11.2 Å². The van der Waals surface area contributed by atoms with E-state index < -0.39 is 0 Å². The molecular weight excluding hydrogens is 316 g/mol. The van der Waals surface area contributed by atoms with Gasteiger partial charge in [-0.25, -0.2) is 5.01 Å². The van der Waals surface area contributed by atoms with Crippen LogP contribution in [0, 0.1) is 6.92 Å². The van der Waals surface area contributed by atoms with Crippen molar-refractivity contribution >= 4 is 11.6 Å². The molecule has 1 atom stereocenters. The molecule has 0 aliphatic carbocycles. The number of hydrogen-bond acceptors (Lipinski definition) is 4. The van der Waals surface area contributed by atoms with Gasteiger partial charge in [-0.05, 0) is 30.7 Å². The summed E-state index contributed by atoms with van der Waals surface area (Å²) in [5, 5.41) is 16.0. The minimum atomic E-state index is -0.109. The fourth-order valence-corrected chi connectivity index (χ4v) is 3.07. The normalized spacial score (nSPS) is 16.7. The van der Waals surface area contributed by atoms with Crippen molar-refractivity contribution in [3.8, 4) is 11.5 Å². The van der Waals surface area contributed by atoms with Gasteiger partial charge in [0.25, 0.3) is 0 Å². The number of rotatable bonds is 4. The van der Waals surface area contributed by atoms with Crippen LogP contribution in [0.4, 0.5) is 0 Å². The lowest BCUT2D eigenvalue weighted by Gasteiger charge is -2.21. The van der Waals surface area contributed by atoms with Gasteiger partial charge in [0, 0.05) is 18.4 Å². The number of hydrazone groups is 1. The van der Waals surface area contributed by atoms with Crippen molar-refractivity contribution in [3.05, 3.63) is 59.2 Å². The summed E-state index contributed by atoms with van der Waals surface area (Å²) in [7, 11) is 1.51. The lowest BCUT2D eigenvalue weighted by atomic mass is 9.97. The second-order valence-electron chi connectivity index (χ2n) is 6.16. The summed E-state index contributed by atoms with van der Waals surface area (Å²) in [5.41, 5.74) is 3.89. The number of carbonyl (C=O) groups is 1. The zero-order valence-electron chi connectivity index (χ0n) is 14.7. The number of carbonyl (C=O) groups excluding carboxylic acids is 1. The van der Waals surface area contributed by atoms with Crippen LogP contribution in [0.2, 0.25) is 0 Å². The number of aryl methyl sites for hydroxylation is 1. The van der Waals surface area contributed by atoms with Gasteiger partial charge in [0.2, 0.25) is 5.91 Å². The first-order chi connectivity index (χ1) is 12.0. The lowest BCUT2D eigenvalue weighted by Crippen LogP contribution is -2.26. The topological polar surface area (TPSA) is 62.1 Å². The number of nitrogens with zero attached hydrogens (tertiary/aromatic N) is 2. The van der Waals surface area contributed by atoms with E-state index >= 15 is 0 Å². The first-order valence-corrected chi connectivity index (χ1v) is 8.37. The molecule has 25 heavy (non-hydrogen) atoms. The summed E-state index contributed by atoms with van der Waals surface area (Å²) in [5.74, 6) is 0.474. The third-order valence-corrected chi connectivity index (χ3v) is 4.41. The molecule has 1 heterocycles. The van der Waals surface area contributed by atoms with Gasteiger partial charge < -0.3 is 9.84 Å². The minimum absolute atomic E-state index is 0.00718. The van der Waals surface area contributed by atoms with Crippen LogP contribution in [0.5, 0.6) is 11.5 Å². The Morgan fingerprint density at radius 2 is 2.12 bits per heavy atom. The third kappa shape index (κ3) is 3.36. The smallest absolute Gasteiger partial charge is 0.242 e. The van der Waals surface area contributed by atoms with Gasteiger partial charge in [-0.3, -0.25) is 4.79 Å². The lowest BCUT2D eigenvalue weighted by molar-refractivity contribution is -0.132. The molecule has 0 aromatic heterocycles. The van der Waals surface area contributed by atoms with Crippen molar-refractivity contribution < 1.29 is 14.6 Å². The summed E-state index contributed by atoms with van der Waals surface area (Å²) < 4.78 is 5.18. The number of phenolic OH excluding ortho intramolecular Hbond substituents is 1. The molecule has 1 aliphatic rings. The summed E-state index contributed by atoms with van der Waals surface area (Å²) in [6.07, 6.45) is 1.03. The van der Waals surface area contributed by atoms with Crippen molar-refractivity contribution in [1.29, 1.82) is 0 Å². The largest absolute Gasteiger partial charge is 0.504 e. The van der Waals surface area contributed by atoms with E-state index in [0.29, 0.717) is 18.6 Å². The Morgan fingerprint density at radius 3 is 2.80 bits per heavy atom. The average Bonchev–Trinajstić information content (AvgIpc) is 3.07. The van der Waals surface area contributed by atoms with E-state index in [1.165, 1.54) is 7.11 Å². The van der Waals surface area contributed by atoms with Gasteiger partial charge in [0.15, 0.2) is 11.5 Å². The molecule has 1 amide bonds. The maximum Gasteiger partial charge on any atom is 0.242 e. The minimum Gasteiger partial charge on any atom is -0.504 e. The molecule has 2 aromatic carbocycles. The van der Waals surface area contributed by atoms with E-state index in [4.69, 9.17) is 4.74 Å². The first kappa shape index (κ1) is 17.0. The fraction of sp³-hybridized carbons (Fsp3) is 0.300. The van der Waals surface area contributed by atoms with Crippen LogP contribution in [-0.4, -0.2) is 28.8 Å². The molecule has 0 spiro atoms. The van der Waals surface area contributed by atoms with E-state index in [9.17, 15) is 9.90 Å². The molecule has 2 aromatic rings. The summed E-state index contributed by atoms with van der Waals surface area (Å²) in [6.45, 7) is 3.88. The Balaban J connectivity index is 1.98. The Hall–Kier alpha value is -2.82. The number of amides is 1. The molecule has 1 aliphatic heterocycles. The molecule has 0 radical (unpaired) electrons. The van der Waals surface area contributed by atoms with Crippen molar-refractivity contribution in [2.24, 2.45) is 5.10 Å². The summed E-state index contributed by atoms with van der Waals surface area (Å²) in [6, 6.07) is 13.2. The van der Waals surface area contributed by atoms with Gasteiger partial charge in [-0.1, -0.05) is 36.8 Å². The van der Waals surface area contributed by atoms with Crippen LogP contribution in [0.1, 0.15) is 42.5 Å². The number of benzene rings is 2. The maximum atomic E-state index is 12.4. The number of ether oxygens (including phenoxy) is 1. The van der Waals surface area contributed by atoms with Crippen molar-refractivity contribution in [3.63, 3.8) is 0 Å². The van der Waals surface area contributed by atoms with Crippen LogP contribution in [0.15, 0.2) is 47.6 Å². The van der Waals surface area contributed by atoms with Crippen molar-refractivity contribution in [2.45, 2.75) is 32.7 Å². The molecule has 1 N–H and O–H groups in total. The monoisotopic (exact) mass is 338 g/mol. The van der Waals surface area contributed by atoms with E-state index in [-0.39, 0.29) is 17.7 Å². The molecule has 0 fully saturated rings. The van der Waals surface area contributed by atoms with E-state index in [1.807, 2.05) is 32.0 Å². The second-order valence-corrected chi connectivity index (χ2v) is 6.16. The predicted octanol–water partition coefficient (Wildman–Crippen LogP) is 3.80. The Kier molecular flexibility index (Phi) is 4.74. The molecule has 0 bridgehead atoms. The first-order valence-electron chi connectivity index (χ1n) is 8.37. The van der Waals surface area contributed by atoms with E-state index in [1.54, 1.807) is 23.2 Å². The number of phenols is 1. The van der Waals surface area contributed by atoms with Gasteiger partial charge in [0.1, 0.15) is 0 Å². The third-order valence-electron chi connectivity index (χ3n) is 4.41.